The van der Waals surface area contributed by atoms with Crippen molar-refractivity contribution in [1.82, 2.24) is 9.97 Å². The van der Waals surface area contributed by atoms with Gasteiger partial charge in [0.25, 0.3) is 0 Å². The number of aromatic carboxylic acids is 1. The van der Waals surface area contributed by atoms with Gasteiger partial charge < -0.3 is 10.1 Å². The molecule has 0 aliphatic carbocycles. The van der Waals surface area contributed by atoms with Crippen molar-refractivity contribution in [2.45, 2.75) is 17.7 Å². The minimum Gasteiger partial charge on any atom is -0.478 e. The number of carboxylic acids is 1. The van der Waals surface area contributed by atoms with Crippen LogP contribution in [0, 0.1) is 12.7 Å². The van der Waals surface area contributed by atoms with Gasteiger partial charge in [0.05, 0.1) is 0 Å². The number of rotatable bonds is 4. The Balaban J connectivity index is 2.29. The van der Waals surface area contributed by atoms with Crippen molar-refractivity contribution >= 4 is 17.7 Å². The second kappa shape index (κ2) is 5.87. The third-order valence-corrected chi connectivity index (χ3v) is 3.61. The highest BCUT2D eigenvalue weighted by atomic mass is 32.2. The third kappa shape index (κ3) is 3.24. The molecule has 0 amide bonds. The highest BCUT2D eigenvalue weighted by Crippen LogP contribution is 2.24. The van der Waals surface area contributed by atoms with E-state index in [1.165, 1.54) is 19.1 Å². The first-order valence-electron chi connectivity index (χ1n) is 5.69. The van der Waals surface area contributed by atoms with Gasteiger partial charge in [0, 0.05) is 11.4 Å². The lowest BCUT2D eigenvalue weighted by atomic mass is 10.2. The molecule has 1 heterocycles. The van der Waals surface area contributed by atoms with Crippen LogP contribution in [0.4, 0.5) is 4.39 Å². The van der Waals surface area contributed by atoms with Crippen LogP contribution in [0.25, 0.3) is 0 Å². The van der Waals surface area contributed by atoms with Crippen LogP contribution in [-0.4, -0.2) is 21.0 Å². The Morgan fingerprint density at radius 2 is 2.25 bits per heavy atom. The van der Waals surface area contributed by atoms with Crippen molar-refractivity contribution in [2.24, 2.45) is 0 Å². The van der Waals surface area contributed by atoms with E-state index in [2.05, 4.69) is 9.97 Å². The van der Waals surface area contributed by atoms with E-state index in [-0.39, 0.29) is 22.1 Å². The molecular weight excluding hydrogens is 283 g/mol. The summed E-state index contributed by atoms with van der Waals surface area (Å²) in [5, 5.41) is 9.27. The predicted octanol–water partition coefficient (Wildman–Crippen LogP) is 2.21. The van der Waals surface area contributed by atoms with Gasteiger partial charge in [-0.25, -0.2) is 14.0 Å². The van der Waals surface area contributed by atoms with Gasteiger partial charge in [0.15, 0.2) is 0 Å². The van der Waals surface area contributed by atoms with Crippen molar-refractivity contribution in [2.75, 3.05) is 0 Å². The Bertz CT molecular complexity index is 715. The van der Waals surface area contributed by atoms with Crippen LogP contribution in [0.2, 0.25) is 0 Å². The lowest BCUT2D eigenvalue weighted by Gasteiger charge is -2.07. The summed E-state index contributed by atoms with van der Waals surface area (Å²) in [7, 11) is 0. The number of aryl methyl sites for hydroxylation is 1. The molecule has 0 saturated heterocycles. The van der Waals surface area contributed by atoms with Crippen LogP contribution in [0.3, 0.4) is 0 Å². The number of nitrogens with one attached hydrogen (secondary N) is 1. The molecule has 20 heavy (non-hydrogen) atoms. The highest BCUT2D eigenvalue weighted by molar-refractivity contribution is 7.98. The van der Waals surface area contributed by atoms with Crippen LogP contribution in [-0.2, 0) is 5.75 Å². The quantitative estimate of drug-likeness (QED) is 0.667. The minimum absolute atomic E-state index is 0.0361. The number of hydrogen-bond donors (Lipinski definition) is 2. The summed E-state index contributed by atoms with van der Waals surface area (Å²) in [6.45, 7) is 1.50. The Morgan fingerprint density at radius 3 is 2.90 bits per heavy atom. The number of carbonyl (C=O) groups is 1. The molecule has 0 aliphatic rings. The molecule has 0 atom stereocenters. The van der Waals surface area contributed by atoms with E-state index < -0.39 is 11.7 Å². The second-order valence-corrected chi connectivity index (χ2v) is 5.03. The zero-order valence-electron chi connectivity index (χ0n) is 10.5. The van der Waals surface area contributed by atoms with E-state index in [1.807, 2.05) is 0 Å². The predicted molar refractivity (Wildman–Crippen MR) is 72.5 cm³/mol. The van der Waals surface area contributed by atoms with Crippen molar-refractivity contribution in [1.29, 1.82) is 0 Å². The number of carboxylic acid groups (broad SMARTS) is 1. The first-order valence-corrected chi connectivity index (χ1v) is 6.67. The first-order chi connectivity index (χ1) is 9.47. The molecule has 7 heteroatoms. The van der Waals surface area contributed by atoms with Gasteiger partial charge >= 0.3 is 11.7 Å². The molecule has 2 rings (SSSR count). The highest BCUT2D eigenvalue weighted by Gasteiger charge is 2.17. The standard InChI is InChI=1S/C13H11FN2O3S/c1-7-10(12(17)18)11(16-13(19)15-7)20-6-8-3-2-4-9(14)5-8/h2-5H,6H2,1H3,(H,17,18)(H,15,16,19). The van der Waals surface area contributed by atoms with Crippen LogP contribution in [0.1, 0.15) is 21.6 Å². The van der Waals surface area contributed by atoms with Crippen molar-refractivity contribution < 1.29 is 14.3 Å². The minimum atomic E-state index is -1.16. The summed E-state index contributed by atoms with van der Waals surface area (Å²) in [5.41, 5.74) is 0.297. The summed E-state index contributed by atoms with van der Waals surface area (Å²) < 4.78 is 13.1. The van der Waals surface area contributed by atoms with Crippen LogP contribution < -0.4 is 5.69 Å². The van der Waals surface area contributed by atoms with Crippen molar-refractivity contribution in [3.63, 3.8) is 0 Å². The molecule has 0 aliphatic heterocycles. The van der Waals surface area contributed by atoms with E-state index in [1.54, 1.807) is 12.1 Å². The third-order valence-electron chi connectivity index (χ3n) is 2.56. The van der Waals surface area contributed by atoms with Crippen LogP contribution in [0.15, 0.2) is 34.1 Å². The fourth-order valence-electron chi connectivity index (χ4n) is 1.69. The maximum Gasteiger partial charge on any atom is 0.346 e. The molecule has 0 radical (unpaired) electrons. The molecule has 0 bridgehead atoms. The van der Waals surface area contributed by atoms with Gasteiger partial charge in [0.1, 0.15) is 16.4 Å². The van der Waals surface area contributed by atoms with Gasteiger partial charge in [-0.1, -0.05) is 12.1 Å². The SMILES string of the molecule is Cc1[nH]c(=O)nc(SCc2cccc(F)c2)c1C(=O)O. The van der Waals surface area contributed by atoms with Gasteiger partial charge in [-0.3, -0.25) is 0 Å². The van der Waals surface area contributed by atoms with Crippen molar-refractivity contribution in [3.05, 3.63) is 57.4 Å². The Hall–Kier alpha value is -2.15. The number of benzene rings is 1. The second-order valence-electron chi connectivity index (χ2n) is 4.07. The Kier molecular flexibility index (Phi) is 4.19. The molecular formula is C13H11FN2O3S. The van der Waals surface area contributed by atoms with Crippen LogP contribution in [0.5, 0.6) is 0 Å². The number of thioether (sulfide) groups is 1. The first kappa shape index (κ1) is 14.3. The molecule has 5 nitrogen and oxygen atoms in total. The molecule has 0 spiro atoms. The molecule has 0 saturated carbocycles. The Morgan fingerprint density at radius 1 is 1.50 bits per heavy atom. The number of aromatic nitrogens is 2. The molecule has 1 aromatic carbocycles. The number of hydrogen-bond acceptors (Lipinski definition) is 4. The molecule has 2 aromatic rings. The number of nitrogens with zero attached hydrogens (tertiary/aromatic N) is 1. The van der Waals surface area contributed by atoms with E-state index in [4.69, 9.17) is 5.11 Å². The van der Waals surface area contributed by atoms with Gasteiger partial charge in [-0.05, 0) is 24.6 Å². The molecule has 0 fully saturated rings. The fourth-order valence-corrected chi connectivity index (χ4v) is 2.71. The maximum atomic E-state index is 13.1. The largest absolute Gasteiger partial charge is 0.478 e. The molecule has 0 unspecified atom stereocenters. The summed E-state index contributed by atoms with van der Waals surface area (Å²) >= 11 is 1.09. The summed E-state index contributed by atoms with van der Waals surface area (Å²) in [4.78, 5) is 28.5. The number of aromatic amines is 1. The molecule has 104 valence electrons. The lowest BCUT2D eigenvalue weighted by Crippen LogP contribution is -2.18. The van der Waals surface area contributed by atoms with E-state index in [9.17, 15) is 14.0 Å². The Labute approximate surface area is 117 Å². The van der Waals surface area contributed by atoms with E-state index >= 15 is 0 Å². The summed E-state index contributed by atoms with van der Waals surface area (Å²) in [6, 6.07) is 5.97. The lowest BCUT2D eigenvalue weighted by molar-refractivity contribution is 0.0690. The molecule has 2 N–H and O–H groups in total. The van der Waals surface area contributed by atoms with Crippen molar-refractivity contribution in [3.8, 4) is 0 Å². The topological polar surface area (TPSA) is 83.0 Å². The van der Waals surface area contributed by atoms with E-state index in [0.717, 1.165) is 11.8 Å². The van der Waals surface area contributed by atoms with Gasteiger partial charge in [0.2, 0.25) is 0 Å². The normalized spacial score (nSPS) is 10.5. The smallest absolute Gasteiger partial charge is 0.346 e. The summed E-state index contributed by atoms with van der Waals surface area (Å²) in [5.74, 6) is -1.20. The maximum absolute atomic E-state index is 13.1. The zero-order valence-corrected chi connectivity index (χ0v) is 11.3. The number of halogens is 1. The number of H-pyrrole nitrogens is 1. The zero-order chi connectivity index (χ0) is 14.7. The monoisotopic (exact) mass is 294 g/mol. The fraction of sp³-hybridized carbons (Fsp3) is 0.154. The van der Waals surface area contributed by atoms with Gasteiger partial charge in [-0.2, -0.15) is 4.98 Å². The average molecular weight is 294 g/mol. The van der Waals surface area contributed by atoms with Gasteiger partial charge in [-0.15, -0.1) is 11.8 Å². The summed E-state index contributed by atoms with van der Waals surface area (Å²) in [6.07, 6.45) is 0. The average Bonchev–Trinajstić information content (AvgIpc) is 2.35. The van der Waals surface area contributed by atoms with E-state index in [0.29, 0.717) is 11.3 Å². The molecule has 1 aromatic heterocycles. The van der Waals surface area contributed by atoms with Crippen LogP contribution >= 0.6 is 11.8 Å².